The highest BCUT2D eigenvalue weighted by Gasteiger charge is 2.13. The summed E-state index contributed by atoms with van der Waals surface area (Å²) in [6.45, 7) is 0. The van der Waals surface area contributed by atoms with Crippen LogP contribution in [0.25, 0.3) is 0 Å². The van der Waals surface area contributed by atoms with Crippen molar-refractivity contribution in [2.75, 3.05) is 12.4 Å². The molecule has 2 aromatic carbocycles. The van der Waals surface area contributed by atoms with E-state index in [2.05, 4.69) is 21.2 Å². The van der Waals surface area contributed by atoms with Gasteiger partial charge in [0.25, 0.3) is 5.91 Å². The molecule has 20 heavy (non-hydrogen) atoms. The molecular weight excluding hydrogens is 349 g/mol. The Bertz CT molecular complexity index is 664. The lowest BCUT2D eigenvalue weighted by Crippen LogP contribution is -2.13. The van der Waals surface area contributed by atoms with Crippen molar-refractivity contribution >= 4 is 39.1 Å². The minimum Gasteiger partial charge on any atom is -0.496 e. The van der Waals surface area contributed by atoms with Crippen molar-refractivity contribution in [3.8, 4) is 5.75 Å². The molecule has 0 aliphatic heterocycles. The lowest BCUT2D eigenvalue weighted by atomic mass is 10.2. The molecule has 0 heterocycles. The number of carbonyl (C=O) groups is 1. The number of hydrogen-bond donors (Lipinski definition) is 1. The van der Waals surface area contributed by atoms with Crippen molar-refractivity contribution in [1.82, 2.24) is 0 Å². The molecule has 3 nitrogen and oxygen atoms in total. The second-order valence-corrected chi connectivity index (χ2v) is 5.22. The van der Waals surface area contributed by atoms with Crippen molar-refractivity contribution < 1.29 is 13.9 Å². The molecule has 0 saturated carbocycles. The number of nitrogens with one attached hydrogen (secondary N) is 1. The third-order valence-electron chi connectivity index (χ3n) is 2.58. The van der Waals surface area contributed by atoms with Gasteiger partial charge in [-0.15, -0.1) is 0 Å². The van der Waals surface area contributed by atoms with Gasteiger partial charge in [-0.25, -0.2) is 4.39 Å². The van der Waals surface area contributed by atoms with Gasteiger partial charge in [-0.3, -0.25) is 4.79 Å². The number of carbonyl (C=O) groups excluding carboxylic acids is 1. The van der Waals surface area contributed by atoms with Crippen molar-refractivity contribution in [2.24, 2.45) is 0 Å². The summed E-state index contributed by atoms with van der Waals surface area (Å²) >= 11 is 9.07. The zero-order valence-electron chi connectivity index (χ0n) is 10.4. The Balaban J connectivity index is 2.23. The van der Waals surface area contributed by atoms with E-state index in [1.165, 1.54) is 12.1 Å². The summed E-state index contributed by atoms with van der Waals surface area (Å²) in [5.41, 5.74) is 0.409. The van der Waals surface area contributed by atoms with E-state index >= 15 is 0 Å². The molecule has 0 bridgehead atoms. The van der Waals surface area contributed by atoms with Gasteiger partial charge in [-0.05, 0) is 52.3 Å². The van der Waals surface area contributed by atoms with E-state index in [9.17, 15) is 9.18 Å². The average molecular weight is 359 g/mol. The van der Waals surface area contributed by atoms with E-state index in [1.807, 2.05) is 0 Å². The highest BCUT2D eigenvalue weighted by Crippen LogP contribution is 2.28. The number of ether oxygens (including phenoxy) is 1. The third-order valence-corrected chi connectivity index (χ3v) is 3.44. The molecule has 6 heteroatoms. The van der Waals surface area contributed by atoms with Crippen LogP contribution in [0.4, 0.5) is 10.1 Å². The molecule has 0 aliphatic rings. The normalized spacial score (nSPS) is 10.2. The predicted molar refractivity (Wildman–Crippen MR) is 80.1 cm³/mol. The lowest BCUT2D eigenvalue weighted by molar-refractivity contribution is 0.102. The van der Waals surface area contributed by atoms with E-state index in [0.29, 0.717) is 20.9 Å². The van der Waals surface area contributed by atoms with Crippen LogP contribution < -0.4 is 10.1 Å². The van der Waals surface area contributed by atoms with E-state index in [0.717, 1.165) is 6.07 Å². The number of methoxy groups -OCH3 is 1. The highest BCUT2D eigenvalue weighted by atomic mass is 79.9. The number of hydrogen-bond acceptors (Lipinski definition) is 2. The van der Waals surface area contributed by atoms with Gasteiger partial charge in [0.1, 0.15) is 11.6 Å². The van der Waals surface area contributed by atoms with Gasteiger partial charge in [0.2, 0.25) is 0 Å². The van der Waals surface area contributed by atoms with Gasteiger partial charge in [-0.1, -0.05) is 11.6 Å². The third kappa shape index (κ3) is 3.29. The van der Waals surface area contributed by atoms with Crippen LogP contribution in [-0.2, 0) is 0 Å². The summed E-state index contributed by atoms with van der Waals surface area (Å²) in [4.78, 5) is 12.0. The second-order valence-electron chi connectivity index (χ2n) is 3.93. The van der Waals surface area contributed by atoms with Gasteiger partial charge in [0.15, 0.2) is 0 Å². The fourth-order valence-electron chi connectivity index (χ4n) is 1.61. The van der Waals surface area contributed by atoms with Crippen molar-refractivity contribution in [1.29, 1.82) is 0 Å². The van der Waals surface area contributed by atoms with Gasteiger partial charge in [0, 0.05) is 10.7 Å². The monoisotopic (exact) mass is 357 g/mol. The molecule has 0 spiro atoms. The van der Waals surface area contributed by atoms with Crippen molar-refractivity contribution in [3.05, 3.63) is 57.3 Å². The van der Waals surface area contributed by atoms with E-state index in [1.54, 1.807) is 25.3 Å². The van der Waals surface area contributed by atoms with Crippen LogP contribution >= 0.6 is 27.5 Å². The summed E-state index contributed by atoms with van der Waals surface area (Å²) < 4.78 is 19.3. The zero-order valence-corrected chi connectivity index (χ0v) is 12.8. The highest BCUT2D eigenvalue weighted by molar-refractivity contribution is 9.10. The predicted octanol–water partition coefficient (Wildman–Crippen LogP) is 4.50. The first-order chi connectivity index (χ1) is 9.51. The largest absolute Gasteiger partial charge is 0.496 e. The van der Waals surface area contributed by atoms with Crippen LogP contribution in [0.2, 0.25) is 5.02 Å². The minimum atomic E-state index is -0.625. The van der Waals surface area contributed by atoms with Crippen LogP contribution in [-0.4, -0.2) is 13.0 Å². The summed E-state index contributed by atoms with van der Waals surface area (Å²) in [5, 5.41) is 2.89. The molecule has 1 amide bonds. The molecule has 1 N–H and O–H groups in total. The molecule has 104 valence electrons. The summed E-state index contributed by atoms with van der Waals surface area (Å²) in [6.07, 6.45) is 0. The molecular formula is C14H10BrClFNO2. The van der Waals surface area contributed by atoms with Gasteiger partial charge >= 0.3 is 0 Å². The summed E-state index contributed by atoms with van der Waals surface area (Å²) in [5.74, 6) is -0.557. The summed E-state index contributed by atoms with van der Waals surface area (Å²) in [6, 6.07) is 8.83. The van der Waals surface area contributed by atoms with Crippen LogP contribution in [0, 0.1) is 5.82 Å². The molecule has 0 radical (unpaired) electrons. The smallest absolute Gasteiger partial charge is 0.258 e. The first kappa shape index (κ1) is 14.8. The van der Waals surface area contributed by atoms with Gasteiger partial charge in [0.05, 0.1) is 17.1 Å². The second kappa shape index (κ2) is 6.24. The minimum absolute atomic E-state index is 0.107. The Labute approximate surface area is 128 Å². The Morgan fingerprint density at radius 3 is 2.70 bits per heavy atom. The van der Waals surface area contributed by atoms with Gasteiger partial charge in [-0.2, -0.15) is 0 Å². The Hall–Kier alpha value is -1.59. The number of benzene rings is 2. The molecule has 2 aromatic rings. The Morgan fingerprint density at radius 1 is 1.30 bits per heavy atom. The lowest BCUT2D eigenvalue weighted by Gasteiger charge is -2.09. The molecule has 0 aromatic heterocycles. The number of anilines is 1. The number of amides is 1. The topological polar surface area (TPSA) is 38.3 Å². The first-order valence-electron chi connectivity index (χ1n) is 5.61. The van der Waals surface area contributed by atoms with Crippen LogP contribution in [0.1, 0.15) is 10.4 Å². The number of rotatable bonds is 3. The SMILES string of the molecule is COc1ccc(NC(=O)c2cc(Cl)ccc2F)cc1Br. The maximum absolute atomic E-state index is 13.6. The molecule has 2 rings (SSSR count). The maximum atomic E-state index is 13.6. The average Bonchev–Trinajstić information content (AvgIpc) is 2.41. The standard InChI is InChI=1S/C14H10BrClFNO2/c1-20-13-5-3-9(7-11(13)15)18-14(19)10-6-8(16)2-4-12(10)17/h2-7H,1H3,(H,18,19). The van der Waals surface area contributed by atoms with Gasteiger partial charge < -0.3 is 10.1 Å². The maximum Gasteiger partial charge on any atom is 0.258 e. The zero-order chi connectivity index (χ0) is 14.7. The van der Waals surface area contributed by atoms with Crippen molar-refractivity contribution in [3.63, 3.8) is 0 Å². The van der Waals surface area contributed by atoms with Crippen molar-refractivity contribution in [2.45, 2.75) is 0 Å². The van der Waals surface area contributed by atoms with E-state index in [-0.39, 0.29) is 5.56 Å². The Morgan fingerprint density at radius 2 is 2.05 bits per heavy atom. The Kier molecular flexibility index (Phi) is 4.62. The van der Waals surface area contributed by atoms with Crippen LogP contribution in [0.3, 0.4) is 0 Å². The molecule has 0 fully saturated rings. The quantitative estimate of drug-likeness (QED) is 0.877. The fraction of sp³-hybridized carbons (Fsp3) is 0.0714. The molecule has 0 atom stereocenters. The van der Waals surface area contributed by atoms with Crippen LogP contribution in [0.15, 0.2) is 40.9 Å². The molecule has 0 unspecified atom stereocenters. The molecule has 0 aliphatic carbocycles. The van der Waals surface area contributed by atoms with E-state index < -0.39 is 11.7 Å². The first-order valence-corrected chi connectivity index (χ1v) is 6.78. The molecule has 0 saturated heterocycles. The summed E-state index contributed by atoms with van der Waals surface area (Å²) in [7, 11) is 1.54. The fourth-order valence-corrected chi connectivity index (χ4v) is 2.33. The van der Waals surface area contributed by atoms with Crippen LogP contribution in [0.5, 0.6) is 5.75 Å². The number of halogens is 3. The van der Waals surface area contributed by atoms with E-state index in [4.69, 9.17) is 16.3 Å².